The molecule has 106 valence electrons. The van der Waals surface area contributed by atoms with Crippen LogP contribution in [0.3, 0.4) is 0 Å². The monoisotopic (exact) mass is 282 g/mol. The lowest BCUT2D eigenvalue weighted by atomic mass is 9.97. The van der Waals surface area contributed by atoms with E-state index in [1.807, 2.05) is 18.2 Å². The van der Waals surface area contributed by atoms with E-state index < -0.39 is 6.10 Å². The van der Waals surface area contributed by atoms with Crippen LogP contribution in [0.2, 0.25) is 0 Å². The van der Waals surface area contributed by atoms with Crippen molar-refractivity contribution in [1.29, 1.82) is 0 Å². The minimum Gasteiger partial charge on any atom is -0.458 e. The predicted octanol–water partition coefficient (Wildman–Crippen LogP) is 4.53. The summed E-state index contributed by atoms with van der Waals surface area (Å²) in [6.07, 6.45) is 1.54. The summed E-state index contributed by atoms with van der Waals surface area (Å²) in [6.45, 7) is 0. The molecule has 1 heterocycles. The molecule has 0 saturated heterocycles. The Balaban J connectivity index is 1.77. The second-order valence-corrected chi connectivity index (χ2v) is 5.64. The zero-order valence-electron chi connectivity index (χ0n) is 11.4. The van der Waals surface area contributed by atoms with Crippen molar-refractivity contribution in [2.24, 2.45) is 0 Å². The van der Waals surface area contributed by atoms with Crippen LogP contribution in [-0.4, -0.2) is 5.11 Å². The fraction of sp³-hybridized carbons (Fsp3) is 0.222. The number of hydrogen-bond acceptors (Lipinski definition) is 2. The maximum atomic E-state index is 13.2. The number of benzene rings is 2. The van der Waals surface area contributed by atoms with Crippen LogP contribution in [0.4, 0.5) is 4.39 Å². The van der Waals surface area contributed by atoms with Gasteiger partial charge in [-0.1, -0.05) is 24.3 Å². The Hall–Kier alpha value is -2.13. The first-order valence-corrected chi connectivity index (χ1v) is 7.18. The lowest BCUT2D eigenvalue weighted by Crippen LogP contribution is -2.01. The van der Waals surface area contributed by atoms with Gasteiger partial charge in [-0.25, -0.2) is 4.39 Å². The number of furan rings is 1. The Morgan fingerprint density at radius 1 is 1.10 bits per heavy atom. The number of halogens is 1. The Morgan fingerprint density at radius 2 is 1.90 bits per heavy atom. The SMILES string of the molecule is OC(c1cc2cc(F)ccc2o1)c1ccccc1C1CC1. The smallest absolute Gasteiger partial charge is 0.138 e. The lowest BCUT2D eigenvalue weighted by molar-refractivity contribution is 0.191. The van der Waals surface area contributed by atoms with Crippen LogP contribution in [-0.2, 0) is 0 Å². The Bertz CT molecular complexity index is 802. The summed E-state index contributed by atoms with van der Waals surface area (Å²) in [5, 5.41) is 11.3. The number of aliphatic hydroxyl groups is 1. The molecule has 21 heavy (non-hydrogen) atoms. The third-order valence-electron chi connectivity index (χ3n) is 4.07. The largest absolute Gasteiger partial charge is 0.458 e. The van der Waals surface area contributed by atoms with E-state index in [0.717, 1.165) is 5.56 Å². The highest BCUT2D eigenvalue weighted by Gasteiger charge is 2.29. The molecule has 1 fully saturated rings. The van der Waals surface area contributed by atoms with Crippen molar-refractivity contribution in [1.82, 2.24) is 0 Å². The van der Waals surface area contributed by atoms with Crippen LogP contribution in [0.1, 0.15) is 41.8 Å². The summed E-state index contributed by atoms with van der Waals surface area (Å²) in [5.74, 6) is 0.712. The molecule has 0 bridgehead atoms. The molecular formula is C18H15FO2. The van der Waals surface area contributed by atoms with Gasteiger partial charge in [0.2, 0.25) is 0 Å². The molecule has 2 aromatic carbocycles. The van der Waals surface area contributed by atoms with E-state index in [1.165, 1.54) is 30.5 Å². The van der Waals surface area contributed by atoms with Crippen LogP contribution >= 0.6 is 0 Å². The summed E-state index contributed by atoms with van der Waals surface area (Å²) in [4.78, 5) is 0. The predicted molar refractivity (Wildman–Crippen MR) is 78.7 cm³/mol. The van der Waals surface area contributed by atoms with E-state index in [-0.39, 0.29) is 5.82 Å². The highest BCUT2D eigenvalue weighted by Crippen LogP contribution is 2.44. The van der Waals surface area contributed by atoms with Gasteiger partial charge >= 0.3 is 0 Å². The van der Waals surface area contributed by atoms with Crippen molar-refractivity contribution < 1.29 is 13.9 Å². The van der Waals surface area contributed by atoms with Crippen molar-refractivity contribution in [3.63, 3.8) is 0 Å². The molecule has 3 heteroatoms. The first-order valence-electron chi connectivity index (χ1n) is 7.18. The van der Waals surface area contributed by atoms with Gasteiger partial charge in [0.15, 0.2) is 0 Å². The van der Waals surface area contributed by atoms with Gasteiger partial charge in [0.25, 0.3) is 0 Å². The van der Waals surface area contributed by atoms with Crippen LogP contribution < -0.4 is 0 Å². The molecule has 0 amide bonds. The van der Waals surface area contributed by atoms with Crippen LogP contribution in [0.15, 0.2) is 52.9 Å². The molecule has 1 aliphatic carbocycles. The molecule has 1 aliphatic rings. The van der Waals surface area contributed by atoms with E-state index in [1.54, 1.807) is 12.1 Å². The normalized spacial score (nSPS) is 16.3. The molecule has 4 rings (SSSR count). The summed E-state index contributed by atoms with van der Waals surface area (Å²) >= 11 is 0. The van der Waals surface area contributed by atoms with Gasteiger partial charge in [-0.3, -0.25) is 0 Å². The van der Waals surface area contributed by atoms with Gasteiger partial charge in [0.05, 0.1) is 0 Å². The molecule has 1 atom stereocenters. The average Bonchev–Trinajstić information content (AvgIpc) is 3.26. The van der Waals surface area contributed by atoms with E-state index >= 15 is 0 Å². The summed E-state index contributed by atoms with van der Waals surface area (Å²) < 4.78 is 18.9. The van der Waals surface area contributed by atoms with Gasteiger partial charge in [-0.05, 0) is 54.2 Å². The van der Waals surface area contributed by atoms with Gasteiger partial charge in [-0.2, -0.15) is 0 Å². The van der Waals surface area contributed by atoms with Gasteiger partial charge in [0, 0.05) is 5.39 Å². The molecule has 3 aromatic rings. The molecule has 0 radical (unpaired) electrons. The molecular weight excluding hydrogens is 267 g/mol. The third-order valence-corrected chi connectivity index (χ3v) is 4.07. The molecule has 1 saturated carbocycles. The van der Waals surface area contributed by atoms with E-state index in [0.29, 0.717) is 22.6 Å². The van der Waals surface area contributed by atoms with Gasteiger partial charge in [0.1, 0.15) is 23.3 Å². The summed E-state index contributed by atoms with van der Waals surface area (Å²) in [7, 11) is 0. The van der Waals surface area contributed by atoms with Crippen LogP contribution in [0.25, 0.3) is 11.0 Å². The first kappa shape index (κ1) is 12.6. The van der Waals surface area contributed by atoms with Crippen molar-refractivity contribution in [3.8, 4) is 0 Å². The number of aliphatic hydroxyl groups excluding tert-OH is 1. The highest BCUT2D eigenvalue weighted by molar-refractivity contribution is 5.78. The van der Waals surface area contributed by atoms with Crippen molar-refractivity contribution in [3.05, 3.63) is 71.2 Å². The van der Waals surface area contributed by atoms with Crippen molar-refractivity contribution >= 4 is 11.0 Å². The fourth-order valence-electron chi connectivity index (χ4n) is 2.85. The summed E-state index contributed by atoms with van der Waals surface area (Å²) in [6, 6.07) is 14.0. The zero-order valence-corrected chi connectivity index (χ0v) is 11.4. The standard InChI is InChI=1S/C18H15FO2/c19-13-7-8-16-12(9-13)10-17(21-16)18(20)15-4-2-1-3-14(15)11-5-6-11/h1-4,7-11,18,20H,5-6H2. The first-order chi connectivity index (χ1) is 10.2. The van der Waals surface area contributed by atoms with Crippen LogP contribution in [0, 0.1) is 5.82 Å². The Kier molecular flexibility index (Phi) is 2.82. The molecule has 2 nitrogen and oxygen atoms in total. The fourth-order valence-corrected chi connectivity index (χ4v) is 2.85. The Labute approximate surface area is 121 Å². The van der Waals surface area contributed by atoms with Crippen molar-refractivity contribution in [2.75, 3.05) is 0 Å². The second-order valence-electron chi connectivity index (χ2n) is 5.64. The third kappa shape index (κ3) is 2.24. The second kappa shape index (κ2) is 4.71. The zero-order chi connectivity index (χ0) is 14.4. The number of hydrogen-bond donors (Lipinski definition) is 1. The Morgan fingerprint density at radius 3 is 2.71 bits per heavy atom. The topological polar surface area (TPSA) is 33.4 Å². The van der Waals surface area contributed by atoms with Crippen LogP contribution in [0.5, 0.6) is 0 Å². The van der Waals surface area contributed by atoms with Gasteiger partial charge < -0.3 is 9.52 Å². The molecule has 1 N–H and O–H groups in total. The molecule has 1 unspecified atom stereocenters. The van der Waals surface area contributed by atoms with E-state index in [4.69, 9.17) is 4.42 Å². The average molecular weight is 282 g/mol. The number of rotatable bonds is 3. The van der Waals surface area contributed by atoms with Gasteiger partial charge in [-0.15, -0.1) is 0 Å². The number of fused-ring (bicyclic) bond motifs is 1. The maximum Gasteiger partial charge on any atom is 0.138 e. The maximum absolute atomic E-state index is 13.2. The molecule has 0 aliphatic heterocycles. The molecule has 0 spiro atoms. The highest BCUT2D eigenvalue weighted by atomic mass is 19.1. The van der Waals surface area contributed by atoms with E-state index in [2.05, 4.69) is 6.07 Å². The minimum atomic E-state index is -0.808. The summed E-state index contributed by atoms with van der Waals surface area (Å²) in [5.41, 5.74) is 2.67. The van der Waals surface area contributed by atoms with Crippen molar-refractivity contribution in [2.45, 2.75) is 24.9 Å². The van der Waals surface area contributed by atoms with E-state index in [9.17, 15) is 9.50 Å². The minimum absolute atomic E-state index is 0.303. The lowest BCUT2D eigenvalue weighted by Gasteiger charge is -2.13. The molecule has 1 aromatic heterocycles. The quantitative estimate of drug-likeness (QED) is 0.765.